The molecule has 5 nitrogen and oxygen atoms in total. The lowest BCUT2D eigenvalue weighted by atomic mass is 10.1. The molecule has 2 rings (SSSR count). The van der Waals surface area contributed by atoms with Crippen LogP contribution in [0.15, 0.2) is 57.9 Å². The summed E-state index contributed by atoms with van der Waals surface area (Å²) in [4.78, 5) is 13.0. The number of benzene rings is 1. The molecule has 1 heterocycles. The molecule has 162 valence electrons. The molecule has 0 unspecified atom stereocenters. The van der Waals surface area contributed by atoms with Gasteiger partial charge in [-0.15, -0.1) is 0 Å². The highest BCUT2D eigenvalue weighted by Gasteiger charge is 2.18. The maximum absolute atomic E-state index is 13.0. The zero-order chi connectivity index (χ0) is 22.3. The largest absolute Gasteiger partial charge is 0.485 e. The summed E-state index contributed by atoms with van der Waals surface area (Å²) < 4.78 is 13.5. The average Bonchev–Trinajstić information content (AvgIpc) is 2.67. The highest BCUT2D eigenvalue weighted by molar-refractivity contribution is 5.90. The molecule has 2 aromatic rings. The van der Waals surface area contributed by atoms with Crippen molar-refractivity contribution < 1.29 is 9.47 Å². The number of aryl methyl sites for hydroxylation is 1. The monoisotopic (exact) mass is 410 g/mol. The van der Waals surface area contributed by atoms with Gasteiger partial charge in [0.15, 0.2) is 5.75 Å². The Kier molecular flexibility index (Phi) is 8.34. The summed E-state index contributed by atoms with van der Waals surface area (Å²) in [5.41, 5.74) is 10.7. The van der Waals surface area contributed by atoms with Crippen LogP contribution in [0.3, 0.4) is 0 Å². The fraction of sp³-hybridized carbons (Fsp3) is 0.400. The van der Waals surface area contributed by atoms with Crippen LogP contribution in [0.2, 0.25) is 0 Å². The number of nitrogens with zero attached hydrogens (tertiary/aromatic N) is 1. The predicted molar refractivity (Wildman–Crippen MR) is 126 cm³/mol. The van der Waals surface area contributed by atoms with E-state index in [1.54, 1.807) is 23.7 Å². The van der Waals surface area contributed by atoms with Crippen LogP contribution in [0, 0.1) is 0 Å². The summed E-state index contributed by atoms with van der Waals surface area (Å²) in [5, 5.41) is 0.799. The first-order chi connectivity index (χ1) is 14.2. The highest BCUT2D eigenvalue weighted by Crippen LogP contribution is 2.33. The highest BCUT2D eigenvalue weighted by atomic mass is 16.5. The lowest BCUT2D eigenvalue weighted by Crippen LogP contribution is -2.21. The lowest BCUT2D eigenvalue weighted by Gasteiger charge is -2.16. The first-order valence-corrected chi connectivity index (χ1v) is 10.3. The average molecular weight is 411 g/mol. The van der Waals surface area contributed by atoms with Crippen molar-refractivity contribution in [3.05, 3.63) is 63.5 Å². The lowest BCUT2D eigenvalue weighted by molar-refractivity contribution is 0.305. The van der Waals surface area contributed by atoms with Crippen molar-refractivity contribution in [2.45, 2.75) is 47.5 Å². The molecule has 0 bridgehead atoms. The molecule has 5 heteroatoms. The van der Waals surface area contributed by atoms with Gasteiger partial charge < -0.3 is 19.8 Å². The van der Waals surface area contributed by atoms with Crippen LogP contribution in [0.5, 0.6) is 11.5 Å². The van der Waals surface area contributed by atoms with Crippen molar-refractivity contribution in [2.24, 2.45) is 7.05 Å². The Morgan fingerprint density at radius 2 is 1.60 bits per heavy atom. The van der Waals surface area contributed by atoms with E-state index in [1.807, 2.05) is 32.1 Å². The molecule has 30 heavy (non-hydrogen) atoms. The normalized spacial score (nSPS) is 11.3. The number of rotatable bonds is 9. The van der Waals surface area contributed by atoms with Crippen molar-refractivity contribution >= 4 is 16.6 Å². The van der Waals surface area contributed by atoms with Gasteiger partial charge in [-0.2, -0.15) is 0 Å². The van der Waals surface area contributed by atoms with Crippen LogP contribution in [0.1, 0.15) is 47.5 Å². The fourth-order valence-corrected chi connectivity index (χ4v) is 3.02. The quantitative estimate of drug-likeness (QED) is 0.435. The molecular formula is C25H34N2O3. The minimum absolute atomic E-state index is 0.227. The molecule has 1 aromatic carbocycles. The van der Waals surface area contributed by atoms with Gasteiger partial charge in [0.05, 0.1) is 5.52 Å². The second-order valence-electron chi connectivity index (χ2n) is 8.07. The van der Waals surface area contributed by atoms with Crippen LogP contribution in [-0.2, 0) is 7.05 Å². The molecule has 1 aromatic heterocycles. The van der Waals surface area contributed by atoms with Crippen LogP contribution in [-0.4, -0.2) is 17.8 Å². The summed E-state index contributed by atoms with van der Waals surface area (Å²) in [6.45, 7) is 11.0. The minimum atomic E-state index is -0.240. The Morgan fingerprint density at radius 3 is 2.27 bits per heavy atom. The number of nitrogen functional groups attached to an aromatic ring is 1. The number of ether oxygens (including phenoxy) is 2. The maximum atomic E-state index is 13.0. The molecule has 0 fully saturated rings. The molecule has 0 saturated heterocycles. The molecule has 0 radical (unpaired) electrons. The van der Waals surface area contributed by atoms with Crippen LogP contribution >= 0.6 is 0 Å². The minimum Gasteiger partial charge on any atom is -0.485 e. The SMILES string of the molecule is CC(C)=CCC/C(C)=C/COc1c(OCC=C(C)C)c2ccc(N)cc2n(C)c1=O. The first kappa shape index (κ1) is 23.3. The molecular weight excluding hydrogens is 376 g/mol. The zero-order valence-electron chi connectivity index (χ0n) is 19.0. The van der Waals surface area contributed by atoms with Gasteiger partial charge in [0.2, 0.25) is 5.75 Å². The number of aromatic nitrogens is 1. The molecule has 0 saturated carbocycles. The standard InChI is InChI=1S/C25H34N2O3/c1-17(2)8-7-9-19(5)13-15-30-24-23(29-14-12-18(3)4)21-11-10-20(26)16-22(21)27(6)25(24)28/h8,10-13,16H,7,9,14-15,26H2,1-6H3/b19-13+. The number of allylic oxidation sites excluding steroid dienone is 4. The van der Waals surface area contributed by atoms with Gasteiger partial charge in [-0.05, 0) is 77.8 Å². The van der Waals surface area contributed by atoms with Crippen molar-refractivity contribution in [1.29, 1.82) is 0 Å². The number of hydrogen-bond acceptors (Lipinski definition) is 4. The fourth-order valence-electron chi connectivity index (χ4n) is 3.02. The summed E-state index contributed by atoms with van der Waals surface area (Å²) in [7, 11) is 1.72. The topological polar surface area (TPSA) is 66.5 Å². The van der Waals surface area contributed by atoms with Crippen LogP contribution < -0.4 is 20.8 Å². The van der Waals surface area contributed by atoms with Gasteiger partial charge in [-0.1, -0.05) is 22.8 Å². The Bertz CT molecular complexity index is 1030. The van der Waals surface area contributed by atoms with Crippen molar-refractivity contribution in [2.75, 3.05) is 18.9 Å². The number of nitrogens with two attached hydrogens (primary N) is 1. The van der Waals surface area contributed by atoms with E-state index in [0.717, 1.165) is 23.8 Å². The zero-order valence-corrected chi connectivity index (χ0v) is 19.0. The van der Waals surface area contributed by atoms with Gasteiger partial charge >= 0.3 is 0 Å². The third-order valence-corrected chi connectivity index (χ3v) is 4.80. The Balaban J connectivity index is 2.36. The van der Waals surface area contributed by atoms with Crippen molar-refractivity contribution in [3.63, 3.8) is 0 Å². The third kappa shape index (κ3) is 6.28. The van der Waals surface area contributed by atoms with E-state index in [-0.39, 0.29) is 11.3 Å². The Morgan fingerprint density at radius 1 is 0.967 bits per heavy atom. The van der Waals surface area contributed by atoms with E-state index < -0.39 is 0 Å². The van der Waals surface area contributed by atoms with E-state index in [1.165, 1.54) is 11.1 Å². The smallest absolute Gasteiger partial charge is 0.297 e. The molecule has 0 aliphatic heterocycles. The number of anilines is 1. The number of pyridine rings is 1. The van der Waals surface area contributed by atoms with Gasteiger partial charge in [-0.3, -0.25) is 4.79 Å². The summed E-state index contributed by atoms with van der Waals surface area (Å²) >= 11 is 0. The summed E-state index contributed by atoms with van der Waals surface area (Å²) in [6.07, 6.45) is 8.18. The predicted octanol–water partition coefficient (Wildman–Crippen LogP) is 5.54. The number of hydrogen-bond donors (Lipinski definition) is 1. The Hall–Kier alpha value is -2.95. The van der Waals surface area contributed by atoms with Gasteiger partial charge in [0, 0.05) is 18.1 Å². The van der Waals surface area contributed by atoms with E-state index >= 15 is 0 Å². The van der Waals surface area contributed by atoms with Crippen LogP contribution in [0.25, 0.3) is 10.9 Å². The molecule has 0 atom stereocenters. The van der Waals surface area contributed by atoms with Gasteiger partial charge in [0.25, 0.3) is 5.56 Å². The third-order valence-electron chi connectivity index (χ3n) is 4.80. The summed E-state index contributed by atoms with van der Waals surface area (Å²) in [5.74, 6) is 0.687. The van der Waals surface area contributed by atoms with Crippen molar-refractivity contribution in [1.82, 2.24) is 4.57 Å². The maximum Gasteiger partial charge on any atom is 0.297 e. The van der Waals surface area contributed by atoms with E-state index in [9.17, 15) is 4.79 Å². The van der Waals surface area contributed by atoms with E-state index in [2.05, 4.69) is 26.8 Å². The first-order valence-electron chi connectivity index (χ1n) is 10.3. The second-order valence-corrected chi connectivity index (χ2v) is 8.07. The number of fused-ring (bicyclic) bond motifs is 1. The molecule has 2 N–H and O–H groups in total. The molecule has 0 aliphatic rings. The van der Waals surface area contributed by atoms with E-state index in [4.69, 9.17) is 15.2 Å². The van der Waals surface area contributed by atoms with Gasteiger partial charge in [0.1, 0.15) is 13.2 Å². The van der Waals surface area contributed by atoms with Gasteiger partial charge in [-0.25, -0.2) is 0 Å². The van der Waals surface area contributed by atoms with E-state index in [0.29, 0.717) is 30.2 Å². The van der Waals surface area contributed by atoms with Crippen molar-refractivity contribution in [3.8, 4) is 11.5 Å². The second kappa shape index (κ2) is 10.7. The van der Waals surface area contributed by atoms with Crippen LogP contribution in [0.4, 0.5) is 5.69 Å². The molecule has 0 aliphatic carbocycles. The molecule has 0 spiro atoms. The summed E-state index contributed by atoms with van der Waals surface area (Å²) in [6, 6.07) is 5.45. The Labute approximate surface area is 179 Å². The molecule has 0 amide bonds.